The Hall–Kier alpha value is -0.0800. The van der Waals surface area contributed by atoms with Crippen LogP contribution in [0.2, 0.25) is 0 Å². The highest BCUT2D eigenvalue weighted by atomic mass is 16.5. The predicted octanol–water partition coefficient (Wildman–Crippen LogP) is 3.75. The van der Waals surface area contributed by atoms with Gasteiger partial charge in [0.1, 0.15) is 0 Å². The molecule has 2 aliphatic rings. The molecule has 0 radical (unpaired) electrons. The Morgan fingerprint density at radius 1 is 1.06 bits per heavy atom. The van der Waals surface area contributed by atoms with Crippen molar-refractivity contribution >= 4 is 0 Å². The van der Waals surface area contributed by atoms with Gasteiger partial charge in [-0.25, -0.2) is 0 Å². The van der Waals surface area contributed by atoms with Crippen molar-refractivity contribution in [2.45, 2.75) is 70.3 Å². The van der Waals surface area contributed by atoms with E-state index in [1.54, 1.807) is 0 Å². The molecule has 0 saturated heterocycles. The quantitative estimate of drug-likeness (QED) is 0.778. The molecule has 2 saturated carbocycles. The third kappa shape index (κ3) is 3.71. The van der Waals surface area contributed by atoms with E-state index >= 15 is 0 Å². The summed E-state index contributed by atoms with van der Waals surface area (Å²) >= 11 is 0. The molecule has 2 fully saturated rings. The van der Waals surface area contributed by atoms with Crippen molar-refractivity contribution in [3.8, 4) is 0 Å². The molecule has 106 valence electrons. The van der Waals surface area contributed by atoms with Crippen molar-refractivity contribution in [1.82, 2.24) is 5.32 Å². The smallest absolute Gasteiger partial charge is 0.0806 e. The van der Waals surface area contributed by atoms with Crippen LogP contribution < -0.4 is 5.32 Å². The second-order valence-electron chi connectivity index (χ2n) is 6.53. The van der Waals surface area contributed by atoms with Gasteiger partial charge in [-0.3, -0.25) is 0 Å². The summed E-state index contributed by atoms with van der Waals surface area (Å²) in [5, 5.41) is 3.36. The maximum atomic E-state index is 6.43. The summed E-state index contributed by atoms with van der Waals surface area (Å²) in [5.41, 5.74) is 0.156. The van der Waals surface area contributed by atoms with Crippen LogP contribution >= 0.6 is 0 Å². The van der Waals surface area contributed by atoms with Gasteiger partial charge < -0.3 is 10.1 Å². The monoisotopic (exact) mass is 253 g/mol. The summed E-state index contributed by atoms with van der Waals surface area (Å²) in [5.74, 6) is 1.80. The molecule has 2 rings (SSSR count). The van der Waals surface area contributed by atoms with Crippen LogP contribution in [-0.2, 0) is 4.74 Å². The molecule has 0 amide bonds. The van der Waals surface area contributed by atoms with Crippen LogP contribution in [0, 0.1) is 11.8 Å². The van der Waals surface area contributed by atoms with Crippen LogP contribution in [0.15, 0.2) is 0 Å². The molecule has 2 nitrogen and oxygen atoms in total. The second kappa shape index (κ2) is 6.91. The van der Waals surface area contributed by atoms with E-state index in [-0.39, 0.29) is 5.60 Å². The number of likely N-dealkylation sites (N-methyl/N-ethyl adjacent to an activating group) is 1. The molecule has 1 N–H and O–H groups in total. The molecule has 18 heavy (non-hydrogen) atoms. The SMILES string of the molecule is CCC1CCC(CNC)(OCC2CCCC2)CC1. The number of rotatable bonds is 6. The zero-order chi connectivity index (χ0) is 12.8. The first-order valence-electron chi connectivity index (χ1n) is 8.06. The maximum Gasteiger partial charge on any atom is 0.0806 e. The first kappa shape index (κ1) is 14.3. The van der Waals surface area contributed by atoms with E-state index in [4.69, 9.17) is 4.74 Å². The lowest BCUT2D eigenvalue weighted by Gasteiger charge is -2.40. The van der Waals surface area contributed by atoms with Crippen molar-refractivity contribution in [3.63, 3.8) is 0 Å². The van der Waals surface area contributed by atoms with Crippen molar-refractivity contribution in [2.75, 3.05) is 20.2 Å². The molecular formula is C16H31NO. The molecule has 0 aromatic heterocycles. The van der Waals surface area contributed by atoms with Gasteiger partial charge in [-0.15, -0.1) is 0 Å². The summed E-state index contributed by atoms with van der Waals surface area (Å²) in [6.07, 6.45) is 12.2. The Labute approximate surface area is 113 Å². The van der Waals surface area contributed by atoms with Gasteiger partial charge in [0.05, 0.1) is 12.2 Å². The van der Waals surface area contributed by atoms with Crippen molar-refractivity contribution in [3.05, 3.63) is 0 Å². The third-order valence-electron chi connectivity index (χ3n) is 5.19. The van der Waals surface area contributed by atoms with Crippen LogP contribution in [0.5, 0.6) is 0 Å². The lowest BCUT2D eigenvalue weighted by atomic mass is 9.77. The van der Waals surface area contributed by atoms with Gasteiger partial charge in [-0.1, -0.05) is 26.2 Å². The van der Waals surface area contributed by atoms with Gasteiger partial charge in [0.25, 0.3) is 0 Å². The zero-order valence-corrected chi connectivity index (χ0v) is 12.3. The van der Waals surface area contributed by atoms with Gasteiger partial charge in [0, 0.05) is 6.54 Å². The predicted molar refractivity (Wildman–Crippen MR) is 76.8 cm³/mol. The number of hydrogen-bond acceptors (Lipinski definition) is 2. The van der Waals surface area contributed by atoms with Gasteiger partial charge in [0.2, 0.25) is 0 Å². The minimum atomic E-state index is 0.156. The molecule has 2 heteroatoms. The van der Waals surface area contributed by atoms with E-state index in [9.17, 15) is 0 Å². The molecule has 0 aromatic rings. The third-order valence-corrected chi connectivity index (χ3v) is 5.19. The highest BCUT2D eigenvalue weighted by Crippen LogP contribution is 2.37. The largest absolute Gasteiger partial charge is 0.373 e. The Morgan fingerprint density at radius 3 is 2.28 bits per heavy atom. The van der Waals surface area contributed by atoms with Crippen molar-refractivity contribution in [2.24, 2.45) is 11.8 Å². The van der Waals surface area contributed by atoms with E-state index in [1.165, 1.54) is 57.8 Å². The first-order chi connectivity index (χ1) is 8.78. The summed E-state index contributed by atoms with van der Waals surface area (Å²) in [7, 11) is 2.06. The Kier molecular flexibility index (Phi) is 5.50. The van der Waals surface area contributed by atoms with E-state index in [0.717, 1.165) is 25.0 Å². The fourth-order valence-corrected chi connectivity index (χ4v) is 3.78. The molecule has 0 spiro atoms. The molecule has 0 atom stereocenters. The zero-order valence-electron chi connectivity index (χ0n) is 12.3. The lowest BCUT2D eigenvalue weighted by Crippen LogP contribution is -2.45. The molecule has 2 aliphatic carbocycles. The van der Waals surface area contributed by atoms with Crippen LogP contribution in [-0.4, -0.2) is 25.8 Å². The fourth-order valence-electron chi connectivity index (χ4n) is 3.78. The Morgan fingerprint density at radius 2 is 1.72 bits per heavy atom. The Bertz CT molecular complexity index is 227. The molecular weight excluding hydrogens is 222 g/mol. The fraction of sp³-hybridized carbons (Fsp3) is 1.00. The second-order valence-corrected chi connectivity index (χ2v) is 6.53. The van der Waals surface area contributed by atoms with Crippen LogP contribution in [0.25, 0.3) is 0 Å². The minimum absolute atomic E-state index is 0.156. The van der Waals surface area contributed by atoms with Gasteiger partial charge in [-0.2, -0.15) is 0 Å². The number of nitrogens with one attached hydrogen (secondary N) is 1. The maximum absolute atomic E-state index is 6.43. The summed E-state index contributed by atoms with van der Waals surface area (Å²) in [4.78, 5) is 0. The number of ether oxygens (including phenoxy) is 1. The highest BCUT2D eigenvalue weighted by Gasteiger charge is 2.35. The first-order valence-corrected chi connectivity index (χ1v) is 8.06. The van der Waals surface area contributed by atoms with Crippen molar-refractivity contribution in [1.29, 1.82) is 0 Å². The Balaban J connectivity index is 1.82. The highest BCUT2D eigenvalue weighted by molar-refractivity contribution is 4.89. The van der Waals surface area contributed by atoms with Crippen LogP contribution in [0.3, 0.4) is 0 Å². The van der Waals surface area contributed by atoms with Gasteiger partial charge >= 0.3 is 0 Å². The van der Waals surface area contributed by atoms with Gasteiger partial charge in [-0.05, 0) is 57.4 Å². The average molecular weight is 253 g/mol. The van der Waals surface area contributed by atoms with E-state index in [0.29, 0.717) is 0 Å². The molecule has 0 aromatic carbocycles. The van der Waals surface area contributed by atoms with E-state index in [1.807, 2.05) is 0 Å². The average Bonchev–Trinajstić information content (AvgIpc) is 2.91. The topological polar surface area (TPSA) is 21.3 Å². The normalized spacial score (nSPS) is 34.0. The van der Waals surface area contributed by atoms with E-state index in [2.05, 4.69) is 19.3 Å². The molecule has 0 aliphatic heterocycles. The van der Waals surface area contributed by atoms with Gasteiger partial charge in [0.15, 0.2) is 0 Å². The lowest BCUT2D eigenvalue weighted by molar-refractivity contribution is -0.0874. The summed E-state index contributed by atoms with van der Waals surface area (Å²) in [6.45, 7) is 4.38. The molecule has 0 heterocycles. The summed E-state index contributed by atoms with van der Waals surface area (Å²) in [6, 6.07) is 0. The van der Waals surface area contributed by atoms with Crippen molar-refractivity contribution < 1.29 is 4.74 Å². The molecule has 0 unspecified atom stereocenters. The number of hydrogen-bond donors (Lipinski definition) is 1. The van der Waals surface area contributed by atoms with Crippen LogP contribution in [0.4, 0.5) is 0 Å². The molecule has 0 bridgehead atoms. The standard InChI is InChI=1S/C16H31NO/c1-3-14-8-10-16(11-9-14,13-17-2)18-12-15-6-4-5-7-15/h14-15,17H,3-13H2,1-2H3. The summed E-state index contributed by atoms with van der Waals surface area (Å²) < 4.78 is 6.43. The van der Waals surface area contributed by atoms with Crippen LogP contribution in [0.1, 0.15) is 64.7 Å². The minimum Gasteiger partial charge on any atom is -0.373 e. The van der Waals surface area contributed by atoms with E-state index < -0.39 is 0 Å².